The molecule has 1 aromatic rings. The second kappa shape index (κ2) is 7.47. The molecule has 0 aliphatic carbocycles. The number of rotatable bonds is 3. The zero-order valence-corrected chi connectivity index (χ0v) is 12.6. The van der Waals surface area contributed by atoms with Crippen molar-refractivity contribution in [3.8, 4) is 0 Å². The van der Waals surface area contributed by atoms with Crippen LogP contribution in [0.4, 0.5) is 11.4 Å². The number of amides is 2. The molecule has 0 bridgehead atoms. The van der Waals surface area contributed by atoms with Crippen molar-refractivity contribution in [3.63, 3.8) is 0 Å². The van der Waals surface area contributed by atoms with Gasteiger partial charge < -0.3 is 16.0 Å². The number of hydrogen-bond acceptors (Lipinski definition) is 3. The van der Waals surface area contributed by atoms with Crippen LogP contribution in [-0.4, -0.2) is 24.9 Å². The van der Waals surface area contributed by atoms with Crippen LogP contribution in [0.5, 0.6) is 0 Å². The molecule has 1 saturated heterocycles. The lowest BCUT2D eigenvalue weighted by atomic mass is 10.1. The first-order chi connectivity index (χ1) is 9.06. The fourth-order valence-electron chi connectivity index (χ4n) is 2.01. The third-order valence-electron chi connectivity index (χ3n) is 2.98. The van der Waals surface area contributed by atoms with Crippen LogP contribution in [0.1, 0.15) is 13.3 Å². The summed E-state index contributed by atoms with van der Waals surface area (Å²) in [6.07, 6.45) is 0.851. The Morgan fingerprint density at radius 3 is 2.65 bits per heavy atom. The van der Waals surface area contributed by atoms with Crippen LogP contribution in [0.25, 0.3) is 0 Å². The Balaban J connectivity index is 0.00000200. The molecule has 0 aromatic heterocycles. The molecule has 3 N–H and O–H groups in total. The predicted molar refractivity (Wildman–Crippen MR) is 82.6 cm³/mol. The summed E-state index contributed by atoms with van der Waals surface area (Å²) in [6, 6.07) is 5.02. The van der Waals surface area contributed by atoms with E-state index in [4.69, 9.17) is 11.6 Å². The summed E-state index contributed by atoms with van der Waals surface area (Å²) in [6.45, 7) is 3.00. The number of hydrogen-bond donors (Lipinski definition) is 3. The van der Waals surface area contributed by atoms with Crippen molar-refractivity contribution < 1.29 is 9.59 Å². The molecule has 1 unspecified atom stereocenters. The highest BCUT2D eigenvalue weighted by Crippen LogP contribution is 2.26. The lowest BCUT2D eigenvalue weighted by Gasteiger charge is -2.11. The van der Waals surface area contributed by atoms with Crippen molar-refractivity contribution >= 4 is 47.2 Å². The van der Waals surface area contributed by atoms with E-state index in [9.17, 15) is 9.59 Å². The van der Waals surface area contributed by atoms with Crippen molar-refractivity contribution in [3.05, 3.63) is 23.2 Å². The molecule has 0 spiro atoms. The summed E-state index contributed by atoms with van der Waals surface area (Å²) < 4.78 is 0. The summed E-state index contributed by atoms with van der Waals surface area (Å²) in [4.78, 5) is 22.9. The topological polar surface area (TPSA) is 70.2 Å². The third-order valence-corrected chi connectivity index (χ3v) is 3.29. The summed E-state index contributed by atoms with van der Waals surface area (Å²) in [5, 5.41) is 8.99. The van der Waals surface area contributed by atoms with E-state index in [-0.39, 0.29) is 30.1 Å². The van der Waals surface area contributed by atoms with Crippen LogP contribution >= 0.6 is 24.0 Å². The normalized spacial score (nSPS) is 17.2. The lowest BCUT2D eigenvalue weighted by molar-refractivity contribution is -0.119. The second-order valence-corrected chi connectivity index (χ2v) is 4.96. The van der Waals surface area contributed by atoms with Gasteiger partial charge in [-0.3, -0.25) is 9.59 Å². The van der Waals surface area contributed by atoms with Crippen molar-refractivity contribution in [2.45, 2.75) is 13.3 Å². The highest BCUT2D eigenvalue weighted by molar-refractivity contribution is 6.34. The Morgan fingerprint density at radius 1 is 1.35 bits per heavy atom. The minimum Gasteiger partial charge on any atom is -0.326 e. The summed E-state index contributed by atoms with van der Waals surface area (Å²) in [5.74, 6) is -0.183. The first kappa shape index (κ1) is 16.8. The Labute approximate surface area is 128 Å². The van der Waals surface area contributed by atoms with Gasteiger partial charge in [0.25, 0.3) is 0 Å². The third kappa shape index (κ3) is 4.37. The van der Waals surface area contributed by atoms with Crippen LogP contribution < -0.4 is 16.0 Å². The second-order valence-electron chi connectivity index (χ2n) is 4.55. The maximum absolute atomic E-state index is 11.9. The minimum absolute atomic E-state index is 0. The molecular formula is C13H17Cl2N3O2. The summed E-state index contributed by atoms with van der Waals surface area (Å²) >= 11 is 6.04. The van der Waals surface area contributed by atoms with Crippen LogP contribution in [-0.2, 0) is 9.59 Å². The molecule has 20 heavy (non-hydrogen) atoms. The van der Waals surface area contributed by atoms with Crippen molar-refractivity contribution in [2.75, 3.05) is 23.7 Å². The average molecular weight is 318 g/mol. The first-order valence-corrected chi connectivity index (χ1v) is 6.53. The molecule has 1 heterocycles. The molecule has 7 heteroatoms. The van der Waals surface area contributed by atoms with E-state index in [0.29, 0.717) is 22.9 Å². The van der Waals surface area contributed by atoms with Gasteiger partial charge in [-0.05, 0) is 31.2 Å². The van der Waals surface area contributed by atoms with Crippen molar-refractivity contribution in [2.24, 2.45) is 5.92 Å². The number of carbonyl (C=O) groups is 2. The Bertz CT molecular complexity index is 502. The molecule has 1 aliphatic rings. The highest BCUT2D eigenvalue weighted by atomic mass is 35.5. The van der Waals surface area contributed by atoms with Gasteiger partial charge in [-0.25, -0.2) is 0 Å². The van der Waals surface area contributed by atoms with Gasteiger partial charge in [0, 0.05) is 19.2 Å². The predicted octanol–water partition coefficient (Wildman–Crippen LogP) is 2.27. The number of nitrogens with one attached hydrogen (secondary N) is 3. The van der Waals surface area contributed by atoms with Crippen LogP contribution in [0.15, 0.2) is 18.2 Å². The van der Waals surface area contributed by atoms with Gasteiger partial charge in [-0.2, -0.15) is 0 Å². The Kier molecular flexibility index (Phi) is 6.26. The van der Waals surface area contributed by atoms with Gasteiger partial charge >= 0.3 is 0 Å². The smallest absolute Gasteiger partial charge is 0.228 e. The molecule has 2 amide bonds. The lowest BCUT2D eigenvalue weighted by Crippen LogP contribution is -2.24. The minimum atomic E-state index is -0.185. The van der Waals surface area contributed by atoms with Gasteiger partial charge in [-0.15, -0.1) is 12.4 Å². The fourth-order valence-corrected chi connectivity index (χ4v) is 2.23. The largest absolute Gasteiger partial charge is 0.326 e. The first-order valence-electron chi connectivity index (χ1n) is 6.15. The molecule has 1 aliphatic heterocycles. The Hall–Kier alpha value is -1.30. The number of halogens is 2. The Morgan fingerprint density at radius 2 is 2.10 bits per heavy atom. The maximum atomic E-state index is 11.9. The molecule has 1 atom stereocenters. The van der Waals surface area contributed by atoms with Gasteiger partial charge in [0.1, 0.15) is 0 Å². The van der Waals surface area contributed by atoms with Gasteiger partial charge in [-0.1, -0.05) is 11.6 Å². The van der Waals surface area contributed by atoms with Crippen LogP contribution in [0.2, 0.25) is 5.02 Å². The van der Waals surface area contributed by atoms with E-state index in [0.717, 1.165) is 13.0 Å². The van der Waals surface area contributed by atoms with Gasteiger partial charge in [0.05, 0.1) is 16.6 Å². The molecule has 1 fully saturated rings. The molecule has 0 saturated carbocycles. The van der Waals surface area contributed by atoms with E-state index in [2.05, 4.69) is 16.0 Å². The van der Waals surface area contributed by atoms with E-state index >= 15 is 0 Å². The zero-order chi connectivity index (χ0) is 13.8. The van der Waals surface area contributed by atoms with E-state index < -0.39 is 0 Å². The molecule has 110 valence electrons. The summed E-state index contributed by atoms with van der Waals surface area (Å²) in [7, 11) is 0. The van der Waals surface area contributed by atoms with E-state index in [1.54, 1.807) is 18.2 Å². The van der Waals surface area contributed by atoms with Crippen LogP contribution in [0.3, 0.4) is 0 Å². The molecular weight excluding hydrogens is 301 g/mol. The molecule has 5 nitrogen and oxygen atoms in total. The van der Waals surface area contributed by atoms with Crippen molar-refractivity contribution in [1.82, 2.24) is 5.32 Å². The standard InChI is InChI=1S/C13H16ClN3O2.ClH/c1-8(18)16-12-3-2-10(6-11(12)14)17-13(19)9-4-5-15-7-9;/h2-3,6,9,15H,4-5,7H2,1H3,(H,16,18)(H,17,19);1H. The number of carbonyl (C=O) groups excluding carboxylic acids is 2. The number of anilines is 2. The highest BCUT2D eigenvalue weighted by Gasteiger charge is 2.22. The fraction of sp³-hybridized carbons (Fsp3) is 0.385. The van der Waals surface area contributed by atoms with Gasteiger partial charge in [0.2, 0.25) is 11.8 Å². The van der Waals surface area contributed by atoms with Gasteiger partial charge in [0.15, 0.2) is 0 Å². The molecule has 2 rings (SSSR count). The summed E-state index contributed by atoms with van der Waals surface area (Å²) in [5.41, 5.74) is 1.17. The monoisotopic (exact) mass is 317 g/mol. The van der Waals surface area contributed by atoms with Crippen molar-refractivity contribution in [1.29, 1.82) is 0 Å². The average Bonchev–Trinajstić information content (AvgIpc) is 2.86. The quantitative estimate of drug-likeness (QED) is 0.801. The van der Waals surface area contributed by atoms with E-state index in [1.807, 2.05) is 0 Å². The maximum Gasteiger partial charge on any atom is 0.228 e. The van der Waals surface area contributed by atoms with Crippen LogP contribution in [0, 0.1) is 5.92 Å². The SMILES string of the molecule is CC(=O)Nc1ccc(NC(=O)C2CCNC2)cc1Cl.Cl. The molecule has 1 aromatic carbocycles. The zero-order valence-electron chi connectivity index (χ0n) is 11.0. The molecule has 0 radical (unpaired) electrons. The number of benzene rings is 1. The van der Waals surface area contributed by atoms with E-state index in [1.165, 1.54) is 6.92 Å².